The molecule has 0 atom stereocenters. The number of nitrogens with zero attached hydrogens (tertiary/aromatic N) is 5. The fourth-order valence-electron chi connectivity index (χ4n) is 3.84. The molecule has 0 unspecified atom stereocenters. The van der Waals surface area contributed by atoms with Gasteiger partial charge in [-0.2, -0.15) is 0 Å². The number of carbonyl (C=O) groups excluding carboxylic acids is 1. The van der Waals surface area contributed by atoms with E-state index in [2.05, 4.69) is 14.9 Å². The molecule has 1 aliphatic heterocycles. The van der Waals surface area contributed by atoms with Crippen molar-refractivity contribution in [2.45, 2.75) is 6.92 Å². The van der Waals surface area contributed by atoms with Crippen molar-refractivity contribution < 1.29 is 9.72 Å². The zero-order valence-corrected chi connectivity index (χ0v) is 17.8. The minimum absolute atomic E-state index is 0.0289. The van der Waals surface area contributed by atoms with Crippen LogP contribution in [0.5, 0.6) is 0 Å². The molecule has 2 aromatic carbocycles. The van der Waals surface area contributed by atoms with E-state index in [1.165, 1.54) is 6.07 Å². The predicted molar refractivity (Wildman–Crippen MR) is 120 cm³/mol. The first-order valence-corrected chi connectivity index (χ1v) is 10.0. The third-order valence-electron chi connectivity index (χ3n) is 5.60. The summed E-state index contributed by atoms with van der Waals surface area (Å²) in [6.07, 6.45) is 0. The molecule has 0 saturated carbocycles. The molecule has 0 radical (unpaired) electrons. The van der Waals surface area contributed by atoms with E-state index in [1.807, 2.05) is 23.1 Å². The zero-order chi connectivity index (χ0) is 22.3. The van der Waals surface area contributed by atoms with Crippen molar-refractivity contribution >= 4 is 34.1 Å². The highest BCUT2D eigenvalue weighted by molar-refractivity contribution is 5.84. The summed E-state index contributed by atoms with van der Waals surface area (Å²) < 4.78 is 0. The summed E-state index contributed by atoms with van der Waals surface area (Å²) in [5, 5.41) is 11.3. The normalized spacial score (nSPS) is 14.2. The molecule has 10 nitrogen and oxygen atoms in total. The Bertz CT molecular complexity index is 1160. The molecule has 0 spiro atoms. The highest BCUT2D eigenvalue weighted by Gasteiger charge is 2.23. The maximum atomic E-state index is 12.1. The summed E-state index contributed by atoms with van der Waals surface area (Å²) in [7, 11) is 3.52. The van der Waals surface area contributed by atoms with Crippen molar-refractivity contribution in [1.82, 2.24) is 19.8 Å². The van der Waals surface area contributed by atoms with Crippen LogP contribution in [0.1, 0.15) is 5.56 Å². The van der Waals surface area contributed by atoms with Crippen LogP contribution >= 0.6 is 0 Å². The molecule has 1 fully saturated rings. The average Bonchev–Trinajstić information content (AvgIpc) is 3.18. The van der Waals surface area contributed by atoms with Gasteiger partial charge in [0, 0.05) is 57.6 Å². The molecule has 1 aromatic heterocycles. The quantitative estimate of drug-likeness (QED) is 0.379. The second-order valence-electron chi connectivity index (χ2n) is 7.92. The van der Waals surface area contributed by atoms with Crippen LogP contribution in [0.25, 0.3) is 22.4 Å². The standard InChI is InChI=1S/C21H25N7O3/c1-13-10-14(11-18(19(13)22)28(30)31)20-23-16-5-4-15(12-17(16)24-20)26-6-8-27(9-7-26)21(29)25(2)3/h4-5,10-12H,6-9,22H2,1-3H3,(H,23,24). The van der Waals surface area contributed by atoms with Gasteiger partial charge in [0.1, 0.15) is 11.5 Å². The number of fused-ring (bicyclic) bond motifs is 1. The molecule has 2 heterocycles. The van der Waals surface area contributed by atoms with Gasteiger partial charge in [-0.05, 0) is 36.8 Å². The fraction of sp³-hybridized carbons (Fsp3) is 0.333. The van der Waals surface area contributed by atoms with Gasteiger partial charge < -0.3 is 25.4 Å². The molecule has 2 amide bonds. The van der Waals surface area contributed by atoms with Gasteiger partial charge in [0.15, 0.2) is 0 Å². The number of benzene rings is 2. The van der Waals surface area contributed by atoms with Gasteiger partial charge in [-0.15, -0.1) is 0 Å². The van der Waals surface area contributed by atoms with E-state index >= 15 is 0 Å². The number of rotatable bonds is 3. The summed E-state index contributed by atoms with van der Waals surface area (Å²) in [5.41, 5.74) is 9.80. The number of nitrogens with two attached hydrogens (primary N) is 1. The van der Waals surface area contributed by atoms with E-state index in [1.54, 1.807) is 32.0 Å². The first-order chi connectivity index (χ1) is 14.7. The third kappa shape index (κ3) is 3.83. The number of H-pyrrole nitrogens is 1. The molecular formula is C21H25N7O3. The molecule has 162 valence electrons. The number of imidazole rings is 1. The average molecular weight is 423 g/mol. The summed E-state index contributed by atoms with van der Waals surface area (Å²) in [5.74, 6) is 0.555. The molecule has 0 bridgehead atoms. The number of nitrogen functional groups attached to an aromatic ring is 1. The lowest BCUT2D eigenvalue weighted by atomic mass is 10.1. The first kappa shape index (κ1) is 20.5. The molecule has 3 N–H and O–H groups in total. The number of nitro groups is 1. The molecule has 10 heteroatoms. The Hall–Kier alpha value is -3.82. The minimum Gasteiger partial charge on any atom is -0.393 e. The Kier molecular flexibility index (Phi) is 5.14. The van der Waals surface area contributed by atoms with Gasteiger partial charge in [0.25, 0.3) is 5.69 Å². The van der Waals surface area contributed by atoms with Crippen molar-refractivity contribution in [1.29, 1.82) is 0 Å². The second-order valence-corrected chi connectivity index (χ2v) is 7.92. The number of nitro benzene ring substituents is 1. The predicted octanol–water partition coefficient (Wildman–Crippen LogP) is 2.83. The van der Waals surface area contributed by atoms with Crippen molar-refractivity contribution in [3.8, 4) is 11.4 Å². The number of urea groups is 1. The lowest BCUT2D eigenvalue weighted by Gasteiger charge is -2.37. The van der Waals surface area contributed by atoms with E-state index < -0.39 is 4.92 Å². The highest BCUT2D eigenvalue weighted by Crippen LogP contribution is 2.32. The van der Waals surface area contributed by atoms with Crippen LogP contribution in [0.4, 0.5) is 21.9 Å². The van der Waals surface area contributed by atoms with Crippen molar-refractivity contribution in [3.63, 3.8) is 0 Å². The second kappa shape index (κ2) is 7.78. The maximum absolute atomic E-state index is 12.1. The molecule has 1 saturated heterocycles. The van der Waals surface area contributed by atoms with Crippen molar-refractivity contribution in [3.05, 3.63) is 46.0 Å². The van der Waals surface area contributed by atoms with Crippen molar-refractivity contribution in [2.24, 2.45) is 0 Å². The van der Waals surface area contributed by atoms with Gasteiger partial charge in [0.2, 0.25) is 0 Å². The van der Waals surface area contributed by atoms with Crippen LogP contribution in [0, 0.1) is 17.0 Å². The Morgan fingerprint density at radius 3 is 2.55 bits per heavy atom. The topological polar surface area (TPSA) is 125 Å². The van der Waals surface area contributed by atoms with Crippen LogP contribution in [-0.4, -0.2) is 71.0 Å². The number of aromatic nitrogens is 2. The first-order valence-electron chi connectivity index (χ1n) is 10.0. The monoisotopic (exact) mass is 423 g/mol. The van der Waals surface area contributed by atoms with Gasteiger partial charge >= 0.3 is 6.03 Å². The number of piperazine rings is 1. The van der Waals surface area contributed by atoms with E-state index in [4.69, 9.17) is 5.73 Å². The lowest BCUT2D eigenvalue weighted by Crippen LogP contribution is -2.51. The Morgan fingerprint density at radius 1 is 1.19 bits per heavy atom. The number of amides is 2. The molecule has 0 aliphatic carbocycles. The third-order valence-corrected chi connectivity index (χ3v) is 5.60. The SMILES string of the molecule is Cc1cc(-c2nc3ccc(N4CCN(C(=O)N(C)C)CC4)cc3[nH]2)cc([N+](=O)[O-])c1N. The highest BCUT2D eigenvalue weighted by atomic mass is 16.6. The number of hydrogen-bond acceptors (Lipinski definition) is 6. The largest absolute Gasteiger partial charge is 0.393 e. The lowest BCUT2D eigenvalue weighted by molar-refractivity contribution is -0.383. The molecule has 4 rings (SSSR count). The number of carbonyl (C=O) groups is 1. The summed E-state index contributed by atoms with van der Waals surface area (Å²) >= 11 is 0. The number of anilines is 2. The number of nitrogens with one attached hydrogen (secondary N) is 1. The molecule has 3 aromatic rings. The summed E-state index contributed by atoms with van der Waals surface area (Å²) in [6.45, 7) is 4.56. The van der Waals surface area contributed by atoms with Crippen LogP contribution in [0.15, 0.2) is 30.3 Å². The van der Waals surface area contributed by atoms with Gasteiger partial charge in [-0.25, -0.2) is 9.78 Å². The Morgan fingerprint density at radius 2 is 1.90 bits per heavy atom. The molecule has 1 aliphatic rings. The number of aromatic amines is 1. The van der Waals surface area contributed by atoms with E-state index in [0.717, 1.165) is 29.8 Å². The van der Waals surface area contributed by atoms with Gasteiger partial charge in [-0.3, -0.25) is 10.1 Å². The van der Waals surface area contributed by atoms with E-state index in [9.17, 15) is 14.9 Å². The van der Waals surface area contributed by atoms with Gasteiger partial charge in [0.05, 0.1) is 16.0 Å². The number of hydrogen-bond donors (Lipinski definition) is 2. The zero-order valence-electron chi connectivity index (χ0n) is 17.8. The maximum Gasteiger partial charge on any atom is 0.319 e. The fourth-order valence-corrected chi connectivity index (χ4v) is 3.84. The van der Waals surface area contributed by atoms with Crippen LogP contribution in [-0.2, 0) is 0 Å². The smallest absolute Gasteiger partial charge is 0.319 e. The van der Waals surface area contributed by atoms with Crippen LogP contribution < -0.4 is 10.6 Å². The van der Waals surface area contributed by atoms with E-state index in [0.29, 0.717) is 30.0 Å². The van der Waals surface area contributed by atoms with Crippen LogP contribution in [0.2, 0.25) is 0 Å². The van der Waals surface area contributed by atoms with Gasteiger partial charge in [-0.1, -0.05) is 0 Å². The summed E-state index contributed by atoms with van der Waals surface area (Å²) in [4.78, 5) is 36.5. The minimum atomic E-state index is -0.479. The summed E-state index contributed by atoms with van der Waals surface area (Å²) in [6, 6.07) is 9.23. The number of aryl methyl sites for hydroxylation is 1. The Labute approximate surface area is 179 Å². The van der Waals surface area contributed by atoms with E-state index in [-0.39, 0.29) is 17.4 Å². The molecular weight excluding hydrogens is 398 g/mol. The van der Waals surface area contributed by atoms with Crippen LogP contribution in [0.3, 0.4) is 0 Å². The van der Waals surface area contributed by atoms with Crippen molar-refractivity contribution in [2.75, 3.05) is 50.9 Å². The molecule has 31 heavy (non-hydrogen) atoms. The Balaban J connectivity index is 1.59.